The van der Waals surface area contributed by atoms with Crippen LogP contribution < -0.4 is 0 Å². The first-order valence-electron chi connectivity index (χ1n) is 7.60. The Hall–Kier alpha value is -1.87. The summed E-state index contributed by atoms with van der Waals surface area (Å²) in [5, 5.41) is 20.3. The van der Waals surface area contributed by atoms with Crippen molar-refractivity contribution < 1.29 is 34.1 Å². The van der Waals surface area contributed by atoms with E-state index in [4.69, 9.17) is 0 Å². The van der Waals surface area contributed by atoms with Gasteiger partial charge in [0.1, 0.15) is 0 Å². The number of esters is 2. The van der Waals surface area contributed by atoms with Crippen LogP contribution in [0.4, 0.5) is 4.79 Å². The molecule has 9 heteroatoms. The highest BCUT2D eigenvalue weighted by molar-refractivity contribution is 5.86. The number of rotatable bonds is 5. The Morgan fingerprint density at radius 3 is 2.00 bits per heavy atom. The molecule has 9 nitrogen and oxygen atoms in total. The Balaban J connectivity index is 3.33. The summed E-state index contributed by atoms with van der Waals surface area (Å²) in [7, 11) is 2.18. The van der Waals surface area contributed by atoms with E-state index in [1.165, 1.54) is 0 Å². The van der Waals surface area contributed by atoms with Gasteiger partial charge in [-0.3, -0.25) is 9.80 Å². The van der Waals surface area contributed by atoms with Crippen molar-refractivity contribution in [1.82, 2.24) is 9.80 Å². The van der Waals surface area contributed by atoms with Gasteiger partial charge >= 0.3 is 18.0 Å². The first-order chi connectivity index (χ1) is 11.0. The monoisotopic (exact) mass is 346 g/mol. The van der Waals surface area contributed by atoms with Crippen molar-refractivity contribution in [2.45, 2.75) is 46.2 Å². The molecule has 1 rings (SSSR count). The fraction of sp³-hybridized carbons (Fsp3) is 0.800. The lowest BCUT2D eigenvalue weighted by Crippen LogP contribution is -2.70. The molecule has 1 aliphatic heterocycles. The standard InChI is InChI=1S/C15H26N2O7/c1-8(2)9-15(3,4)7-16(10(18)12(20)23-5)14(22)17(9)11(19)13(21)24-6/h8-11,18-19H,7H2,1-6H3. The van der Waals surface area contributed by atoms with Crippen molar-refractivity contribution in [1.29, 1.82) is 0 Å². The SMILES string of the molecule is COC(=O)C(O)N1CC(C)(C)C(C(C)C)N(C(O)C(=O)OC)C1=O. The summed E-state index contributed by atoms with van der Waals surface area (Å²) in [5.41, 5.74) is -0.633. The Labute approximate surface area is 141 Å². The van der Waals surface area contributed by atoms with E-state index < -0.39 is 41.9 Å². The lowest BCUT2D eigenvalue weighted by Gasteiger charge is -2.53. The molecule has 0 bridgehead atoms. The van der Waals surface area contributed by atoms with Gasteiger partial charge < -0.3 is 19.7 Å². The van der Waals surface area contributed by atoms with Crippen LogP contribution in [0.3, 0.4) is 0 Å². The van der Waals surface area contributed by atoms with Gasteiger partial charge in [-0.1, -0.05) is 27.7 Å². The molecule has 3 atom stereocenters. The van der Waals surface area contributed by atoms with E-state index in [2.05, 4.69) is 9.47 Å². The number of urea groups is 1. The summed E-state index contributed by atoms with van der Waals surface area (Å²) in [6.45, 7) is 7.39. The Kier molecular flexibility index (Phi) is 6.18. The fourth-order valence-corrected chi connectivity index (χ4v) is 3.37. The minimum atomic E-state index is -1.85. The molecule has 1 fully saturated rings. The number of aliphatic hydroxyl groups is 2. The molecule has 0 aromatic rings. The maximum atomic E-state index is 12.8. The molecule has 0 radical (unpaired) electrons. The average molecular weight is 346 g/mol. The molecule has 24 heavy (non-hydrogen) atoms. The molecule has 2 N–H and O–H groups in total. The van der Waals surface area contributed by atoms with E-state index >= 15 is 0 Å². The highest BCUT2D eigenvalue weighted by Crippen LogP contribution is 2.38. The van der Waals surface area contributed by atoms with Gasteiger partial charge in [-0.25, -0.2) is 14.4 Å². The number of hydrogen-bond acceptors (Lipinski definition) is 7. The average Bonchev–Trinajstić information content (AvgIpc) is 2.52. The maximum absolute atomic E-state index is 12.8. The van der Waals surface area contributed by atoms with Gasteiger partial charge in [-0.15, -0.1) is 0 Å². The van der Waals surface area contributed by atoms with Gasteiger partial charge in [0.15, 0.2) is 0 Å². The first kappa shape index (κ1) is 20.2. The Morgan fingerprint density at radius 2 is 1.58 bits per heavy atom. The third kappa shape index (κ3) is 3.62. The molecule has 1 saturated heterocycles. The van der Waals surface area contributed by atoms with Crippen LogP contribution in [-0.2, 0) is 19.1 Å². The van der Waals surface area contributed by atoms with E-state index in [0.717, 1.165) is 24.0 Å². The molecule has 3 unspecified atom stereocenters. The normalized spacial score (nSPS) is 23.0. The molecular weight excluding hydrogens is 320 g/mol. The smallest absolute Gasteiger partial charge is 0.356 e. The van der Waals surface area contributed by atoms with E-state index in [-0.39, 0.29) is 12.5 Å². The molecular formula is C15H26N2O7. The summed E-state index contributed by atoms with van der Waals surface area (Å²) in [6.07, 6.45) is -3.68. The summed E-state index contributed by atoms with van der Waals surface area (Å²) in [5.74, 6) is -2.10. The van der Waals surface area contributed by atoms with Crippen LogP contribution in [0.1, 0.15) is 27.7 Å². The summed E-state index contributed by atoms with van der Waals surface area (Å²) >= 11 is 0. The summed E-state index contributed by atoms with van der Waals surface area (Å²) < 4.78 is 8.98. The largest absolute Gasteiger partial charge is 0.466 e. The number of nitrogens with zero attached hydrogens (tertiary/aromatic N) is 2. The molecule has 0 aromatic carbocycles. The molecule has 2 amide bonds. The van der Waals surface area contributed by atoms with Gasteiger partial charge in [0.25, 0.3) is 0 Å². The number of methoxy groups -OCH3 is 2. The number of ether oxygens (including phenoxy) is 2. The summed E-state index contributed by atoms with van der Waals surface area (Å²) in [4.78, 5) is 38.0. The van der Waals surface area contributed by atoms with Gasteiger partial charge in [0.2, 0.25) is 12.5 Å². The lowest BCUT2D eigenvalue weighted by atomic mass is 9.75. The number of carbonyl (C=O) groups is 3. The predicted molar refractivity (Wildman–Crippen MR) is 82.4 cm³/mol. The van der Waals surface area contributed by atoms with Crippen LogP contribution in [0.5, 0.6) is 0 Å². The van der Waals surface area contributed by atoms with Gasteiger partial charge in [-0.05, 0) is 5.92 Å². The highest BCUT2D eigenvalue weighted by atomic mass is 16.5. The van der Waals surface area contributed by atoms with Crippen LogP contribution in [0.15, 0.2) is 0 Å². The van der Waals surface area contributed by atoms with Gasteiger partial charge in [-0.2, -0.15) is 0 Å². The molecule has 138 valence electrons. The van der Waals surface area contributed by atoms with E-state index in [1.807, 2.05) is 27.7 Å². The minimum absolute atomic E-state index is 0.0509. The first-order valence-corrected chi connectivity index (χ1v) is 7.60. The number of amides is 2. The summed E-state index contributed by atoms with van der Waals surface area (Å²) in [6, 6.07) is -1.36. The number of carbonyl (C=O) groups excluding carboxylic acids is 3. The number of aliphatic hydroxyl groups excluding tert-OH is 2. The molecule has 0 aromatic heterocycles. The van der Waals surface area contributed by atoms with Crippen molar-refractivity contribution >= 4 is 18.0 Å². The van der Waals surface area contributed by atoms with E-state index in [0.29, 0.717) is 0 Å². The van der Waals surface area contributed by atoms with Crippen LogP contribution in [0, 0.1) is 11.3 Å². The second-order valence-electron chi connectivity index (χ2n) is 6.79. The van der Waals surface area contributed by atoms with Crippen LogP contribution in [-0.4, -0.2) is 77.2 Å². The fourth-order valence-electron chi connectivity index (χ4n) is 3.37. The molecule has 0 aliphatic carbocycles. The Morgan fingerprint density at radius 1 is 1.12 bits per heavy atom. The Bertz CT molecular complexity index is 506. The van der Waals surface area contributed by atoms with Crippen molar-refractivity contribution in [3.8, 4) is 0 Å². The highest BCUT2D eigenvalue weighted by Gasteiger charge is 2.52. The molecule has 0 saturated carbocycles. The molecule has 0 spiro atoms. The van der Waals surface area contributed by atoms with Crippen molar-refractivity contribution in [2.24, 2.45) is 11.3 Å². The number of hydrogen-bond donors (Lipinski definition) is 2. The second-order valence-corrected chi connectivity index (χ2v) is 6.79. The van der Waals surface area contributed by atoms with Crippen LogP contribution in [0.25, 0.3) is 0 Å². The van der Waals surface area contributed by atoms with Crippen molar-refractivity contribution in [3.63, 3.8) is 0 Å². The zero-order valence-corrected chi connectivity index (χ0v) is 14.8. The predicted octanol–water partition coefficient (Wildman–Crippen LogP) is -0.242. The van der Waals surface area contributed by atoms with Gasteiger partial charge in [0.05, 0.1) is 14.2 Å². The third-order valence-electron chi connectivity index (χ3n) is 4.16. The molecule has 1 heterocycles. The van der Waals surface area contributed by atoms with Crippen molar-refractivity contribution in [2.75, 3.05) is 20.8 Å². The van der Waals surface area contributed by atoms with E-state index in [1.54, 1.807) is 0 Å². The maximum Gasteiger partial charge on any atom is 0.356 e. The van der Waals surface area contributed by atoms with Crippen molar-refractivity contribution in [3.05, 3.63) is 0 Å². The van der Waals surface area contributed by atoms with E-state index in [9.17, 15) is 24.6 Å². The van der Waals surface area contributed by atoms with Crippen LogP contribution >= 0.6 is 0 Å². The molecule has 1 aliphatic rings. The quantitative estimate of drug-likeness (QED) is 0.660. The second kappa shape index (κ2) is 7.35. The zero-order valence-electron chi connectivity index (χ0n) is 14.8. The lowest BCUT2D eigenvalue weighted by molar-refractivity contribution is -0.176. The zero-order chi connectivity index (χ0) is 18.8. The minimum Gasteiger partial charge on any atom is -0.466 e. The topological polar surface area (TPSA) is 117 Å². The van der Waals surface area contributed by atoms with Crippen LogP contribution in [0.2, 0.25) is 0 Å². The third-order valence-corrected chi connectivity index (χ3v) is 4.16. The van der Waals surface area contributed by atoms with Gasteiger partial charge in [0, 0.05) is 18.0 Å².